The fraction of sp³-hybridized carbons (Fsp3) is 0.133. The molecule has 0 fully saturated rings. The third-order valence-electron chi connectivity index (χ3n) is 3.47. The highest BCUT2D eigenvalue weighted by molar-refractivity contribution is 7.93. The predicted octanol–water partition coefficient (Wildman–Crippen LogP) is 2.83. The summed E-state index contributed by atoms with van der Waals surface area (Å²) in [5.41, 5.74) is 0.650. The third-order valence-corrected chi connectivity index (χ3v) is 5.89. The van der Waals surface area contributed by atoms with Gasteiger partial charge in [-0.25, -0.2) is 13.4 Å². The summed E-state index contributed by atoms with van der Waals surface area (Å²) in [4.78, 5) is 4.44. The number of hydrogen-bond acceptors (Lipinski definition) is 7. The molecule has 0 bridgehead atoms. The number of rotatable bonds is 4. The van der Waals surface area contributed by atoms with E-state index in [1.807, 2.05) is 0 Å². The van der Waals surface area contributed by atoms with Crippen molar-refractivity contribution in [1.82, 2.24) is 4.98 Å². The van der Waals surface area contributed by atoms with Gasteiger partial charge in [0, 0.05) is 12.1 Å². The lowest BCUT2D eigenvalue weighted by molar-refractivity contribution is 0.174. The molecule has 0 spiro atoms. The first-order chi connectivity index (χ1) is 11.5. The van der Waals surface area contributed by atoms with E-state index in [1.54, 1.807) is 24.3 Å². The molecule has 1 aliphatic rings. The number of nitrogens with one attached hydrogen (secondary N) is 1. The molecule has 0 atom stereocenters. The summed E-state index contributed by atoms with van der Waals surface area (Å²) in [5.74, 6) is 1.83. The van der Waals surface area contributed by atoms with Crippen molar-refractivity contribution >= 4 is 36.7 Å². The summed E-state index contributed by atoms with van der Waals surface area (Å²) >= 11 is 1.23. The number of nitrogens with zero attached hydrogens (tertiary/aromatic N) is 1. The number of aromatic nitrogens is 1. The van der Waals surface area contributed by atoms with E-state index in [1.165, 1.54) is 30.6 Å². The molecule has 124 valence electrons. The maximum atomic E-state index is 12.4. The molecule has 24 heavy (non-hydrogen) atoms. The quantitative estimate of drug-likeness (QED) is 0.766. The van der Waals surface area contributed by atoms with Crippen molar-refractivity contribution in [2.75, 3.05) is 18.6 Å². The highest BCUT2D eigenvalue weighted by Crippen LogP contribution is 2.39. The van der Waals surface area contributed by atoms with Crippen molar-refractivity contribution in [2.45, 2.75) is 4.90 Å². The van der Waals surface area contributed by atoms with Crippen molar-refractivity contribution in [3.8, 4) is 17.2 Å². The maximum Gasteiger partial charge on any atom is 0.263 e. The molecule has 0 aliphatic carbocycles. The van der Waals surface area contributed by atoms with Gasteiger partial charge in [0.2, 0.25) is 6.79 Å². The van der Waals surface area contributed by atoms with Crippen LogP contribution < -0.4 is 18.9 Å². The standard InChI is InChI=1S/C15H12N2O5S2/c1-20-9-2-4-10(5-3-9)24(18,19)17-15-16-11-6-12-13(22-8-21-12)7-14(11)23-15/h2-7H,8H2,1H3,(H,16,17). The van der Waals surface area contributed by atoms with E-state index in [0.717, 1.165) is 4.70 Å². The van der Waals surface area contributed by atoms with Crippen molar-refractivity contribution in [3.63, 3.8) is 0 Å². The monoisotopic (exact) mass is 364 g/mol. The Balaban J connectivity index is 1.65. The molecule has 7 nitrogen and oxygen atoms in total. The molecule has 0 saturated heterocycles. The van der Waals surface area contributed by atoms with E-state index in [0.29, 0.717) is 22.8 Å². The lowest BCUT2D eigenvalue weighted by Gasteiger charge is -2.05. The summed E-state index contributed by atoms with van der Waals surface area (Å²) in [6.07, 6.45) is 0. The molecule has 2 aromatic carbocycles. The van der Waals surface area contributed by atoms with Gasteiger partial charge in [0.15, 0.2) is 16.6 Å². The van der Waals surface area contributed by atoms with Gasteiger partial charge < -0.3 is 14.2 Å². The molecule has 2 heterocycles. The Morgan fingerprint density at radius 1 is 1.17 bits per heavy atom. The van der Waals surface area contributed by atoms with Crippen LogP contribution in [0, 0.1) is 0 Å². The summed E-state index contributed by atoms with van der Waals surface area (Å²) in [6, 6.07) is 9.66. The minimum atomic E-state index is -3.72. The number of methoxy groups -OCH3 is 1. The number of thiazole rings is 1. The molecule has 4 rings (SSSR count). The Bertz CT molecular complexity index is 971. The first-order valence-corrected chi connectivity index (χ1v) is 9.22. The average Bonchev–Trinajstić information content (AvgIpc) is 3.17. The largest absolute Gasteiger partial charge is 0.497 e. The molecule has 0 amide bonds. The Labute approximate surface area is 141 Å². The van der Waals surface area contributed by atoms with E-state index in [-0.39, 0.29) is 16.8 Å². The van der Waals surface area contributed by atoms with Gasteiger partial charge in [0.05, 0.1) is 22.2 Å². The van der Waals surface area contributed by atoms with Gasteiger partial charge >= 0.3 is 0 Å². The molecule has 9 heteroatoms. The minimum absolute atomic E-state index is 0.136. The Morgan fingerprint density at radius 2 is 1.88 bits per heavy atom. The lowest BCUT2D eigenvalue weighted by atomic mass is 10.3. The van der Waals surface area contributed by atoms with E-state index < -0.39 is 10.0 Å². The first-order valence-electron chi connectivity index (χ1n) is 6.92. The second-order valence-corrected chi connectivity index (χ2v) is 7.69. The van der Waals surface area contributed by atoms with Crippen LogP contribution in [-0.4, -0.2) is 27.3 Å². The van der Waals surface area contributed by atoms with Crippen LogP contribution in [-0.2, 0) is 10.0 Å². The summed E-state index contributed by atoms with van der Waals surface area (Å²) in [6.45, 7) is 0.184. The van der Waals surface area contributed by atoms with Gasteiger partial charge in [0.25, 0.3) is 10.0 Å². The molecular formula is C15H12N2O5S2. The van der Waals surface area contributed by atoms with E-state index in [4.69, 9.17) is 14.2 Å². The van der Waals surface area contributed by atoms with Crippen molar-refractivity contribution < 1.29 is 22.6 Å². The zero-order chi connectivity index (χ0) is 16.7. The van der Waals surface area contributed by atoms with Crippen LogP contribution in [0.15, 0.2) is 41.3 Å². The van der Waals surface area contributed by atoms with Gasteiger partial charge in [-0.05, 0) is 24.3 Å². The molecule has 1 N–H and O–H groups in total. The number of fused-ring (bicyclic) bond motifs is 2. The van der Waals surface area contributed by atoms with Gasteiger partial charge in [-0.2, -0.15) is 0 Å². The van der Waals surface area contributed by atoms with Crippen LogP contribution >= 0.6 is 11.3 Å². The molecule has 0 radical (unpaired) electrons. The van der Waals surface area contributed by atoms with Gasteiger partial charge in [-0.1, -0.05) is 11.3 Å². The van der Waals surface area contributed by atoms with E-state index in [9.17, 15) is 8.42 Å². The Hall–Kier alpha value is -2.52. The Morgan fingerprint density at radius 3 is 2.58 bits per heavy atom. The second kappa shape index (κ2) is 5.53. The molecule has 0 saturated carbocycles. The molecular weight excluding hydrogens is 352 g/mol. The van der Waals surface area contributed by atoms with Crippen molar-refractivity contribution in [2.24, 2.45) is 0 Å². The number of sulfonamides is 1. The zero-order valence-electron chi connectivity index (χ0n) is 12.5. The Kier molecular flexibility index (Phi) is 3.47. The molecule has 1 aromatic heterocycles. The summed E-state index contributed by atoms with van der Waals surface area (Å²) in [7, 11) is -2.20. The van der Waals surface area contributed by atoms with Crippen LogP contribution in [0.3, 0.4) is 0 Å². The number of ether oxygens (including phenoxy) is 3. The topological polar surface area (TPSA) is 86.8 Å². The normalized spacial score (nSPS) is 13.2. The molecule has 1 aliphatic heterocycles. The van der Waals surface area contributed by atoms with Crippen LogP contribution in [0.5, 0.6) is 17.2 Å². The smallest absolute Gasteiger partial charge is 0.263 e. The van der Waals surface area contributed by atoms with E-state index >= 15 is 0 Å². The van der Waals surface area contributed by atoms with Crippen LogP contribution in [0.1, 0.15) is 0 Å². The molecule has 3 aromatic rings. The number of anilines is 1. The third kappa shape index (κ3) is 2.61. The van der Waals surface area contributed by atoms with Crippen molar-refractivity contribution in [3.05, 3.63) is 36.4 Å². The van der Waals surface area contributed by atoms with Gasteiger partial charge in [0.1, 0.15) is 5.75 Å². The fourth-order valence-corrected chi connectivity index (χ4v) is 4.40. The summed E-state index contributed by atoms with van der Waals surface area (Å²) in [5, 5.41) is 0.282. The molecule has 0 unspecified atom stereocenters. The lowest BCUT2D eigenvalue weighted by Crippen LogP contribution is -2.12. The number of benzene rings is 2. The maximum absolute atomic E-state index is 12.4. The van der Waals surface area contributed by atoms with Crippen molar-refractivity contribution in [1.29, 1.82) is 0 Å². The highest BCUT2D eigenvalue weighted by atomic mass is 32.2. The number of hydrogen-bond donors (Lipinski definition) is 1. The predicted molar refractivity (Wildman–Crippen MR) is 89.5 cm³/mol. The van der Waals surface area contributed by atoms with Gasteiger partial charge in [-0.3, -0.25) is 4.72 Å². The minimum Gasteiger partial charge on any atom is -0.497 e. The van der Waals surface area contributed by atoms with Crippen LogP contribution in [0.25, 0.3) is 10.2 Å². The van der Waals surface area contributed by atoms with Crippen LogP contribution in [0.2, 0.25) is 0 Å². The SMILES string of the molecule is COc1ccc(S(=O)(=O)Nc2nc3cc4c(cc3s2)OCO4)cc1. The first kappa shape index (κ1) is 15.0. The van der Waals surface area contributed by atoms with Gasteiger partial charge in [-0.15, -0.1) is 0 Å². The van der Waals surface area contributed by atoms with E-state index in [2.05, 4.69) is 9.71 Å². The summed E-state index contributed by atoms with van der Waals surface area (Å²) < 4.78 is 43.8. The van der Waals surface area contributed by atoms with Crippen LogP contribution in [0.4, 0.5) is 5.13 Å². The average molecular weight is 364 g/mol. The highest BCUT2D eigenvalue weighted by Gasteiger charge is 2.19. The second-order valence-electron chi connectivity index (χ2n) is 4.97. The fourth-order valence-electron chi connectivity index (χ4n) is 2.29. The zero-order valence-corrected chi connectivity index (χ0v) is 14.1.